The lowest BCUT2D eigenvalue weighted by Crippen LogP contribution is -2.50. The van der Waals surface area contributed by atoms with Crippen molar-refractivity contribution in [1.29, 1.82) is 0 Å². The van der Waals surface area contributed by atoms with Crippen LogP contribution in [0.2, 0.25) is 0 Å². The number of unbranched alkanes of at least 4 members (excludes halogenated alkanes) is 1. The maximum Gasteiger partial charge on any atom is 0.351 e. The monoisotopic (exact) mass is 299 g/mol. The molecule has 2 rings (SSSR count). The number of nitrogens with two attached hydrogens (primary N) is 1. The zero-order valence-electron chi connectivity index (χ0n) is 11.8. The number of hydrogen-bond donors (Lipinski definition) is 4. The van der Waals surface area contributed by atoms with Crippen LogP contribution in [0.25, 0.3) is 0 Å². The molecule has 2 heterocycles. The highest BCUT2D eigenvalue weighted by molar-refractivity contribution is 5.24. The van der Waals surface area contributed by atoms with Gasteiger partial charge in [-0.3, -0.25) is 4.57 Å². The maximum atomic E-state index is 12.1. The molecule has 1 fully saturated rings. The van der Waals surface area contributed by atoms with Crippen LogP contribution in [-0.4, -0.2) is 49.8 Å². The number of nitrogens with zero attached hydrogens (tertiary/aromatic N) is 2. The Bertz CT molecular complexity index is 549. The Morgan fingerprint density at radius 2 is 2.24 bits per heavy atom. The van der Waals surface area contributed by atoms with Crippen molar-refractivity contribution >= 4 is 5.82 Å². The fraction of sp³-hybridized carbons (Fsp3) is 0.692. The van der Waals surface area contributed by atoms with Gasteiger partial charge in [-0.25, -0.2) is 4.79 Å². The average Bonchev–Trinajstić information content (AvgIpc) is 2.70. The first-order valence-electron chi connectivity index (χ1n) is 6.96. The summed E-state index contributed by atoms with van der Waals surface area (Å²) in [5.74, 6) is 0.0636. The summed E-state index contributed by atoms with van der Waals surface area (Å²) in [5, 5.41) is 29.6. The van der Waals surface area contributed by atoms with Crippen LogP contribution in [0.15, 0.2) is 17.1 Å². The number of rotatable bonds is 5. The van der Waals surface area contributed by atoms with Crippen molar-refractivity contribution in [3.8, 4) is 0 Å². The molecule has 0 radical (unpaired) electrons. The number of aromatic nitrogens is 2. The van der Waals surface area contributed by atoms with Gasteiger partial charge in [0.15, 0.2) is 5.72 Å². The summed E-state index contributed by atoms with van der Waals surface area (Å²) < 4.78 is 6.81. The molecule has 1 aliphatic rings. The number of nitrogen functional groups attached to an aromatic ring is 1. The third-order valence-corrected chi connectivity index (χ3v) is 3.82. The van der Waals surface area contributed by atoms with Crippen molar-refractivity contribution in [3.05, 3.63) is 22.7 Å². The fourth-order valence-electron chi connectivity index (χ4n) is 2.68. The first kappa shape index (κ1) is 15.9. The lowest BCUT2D eigenvalue weighted by atomic mass is 9.96. The molecule has 4 atom stereocenters. The van der Waals surface area contributed by atoms with Gasteiger partial charge >= 0.3 is 5.69 Å². The molecule has 5 N–H and O–H groups in total. The Morgan fingerprint density at radius 3 is 2.76 bits per heavy atom. The van der Waals surface area contributed by atoms with Crippen LogP contribution in [0.4, 0.5) is 5.82 Å². The van der Waals surface area contributed by atoms with Gasteiger partial charge in [0.25, 0.3) is 0 Å². The summed E-state index contributed by atoms with van der Waals surface area (Å²) in [4.78, 5) is 15.7. The molecule has 0 spiro atoms. The largest absolute Gasteiger partial charge is 0.394 e. The van der Waals surface area contributed by atoms with Gasteiger partial charge in [0.2, 0.25) is 0 Å². The van der Waals surface area contributed by atoms with Crippen molar-refractivity contribution in [2.24, 2.45) is 0 Å². The van der Waals surface area contributed by atoms with Crippen LogP contribution in [0.1, 0.15) is 26.2 Å². The van der Waals surface area contributed by atoms with Gasteiger partial charge in [-0.2, -0.15) is 4.98 Å². The number of aliphatic hydroxyl groups is 3. The SMILES string of the molecule is CCCC[C@@]1(n2ccc(N)nc2=O)O[C@H](CO)[C@@H](O)[C@H]1O. The van der Waals surface area contributed by atoms with Crippen molar-refractivity contribution in [2.75, 3.05) is 12.3 Å². The topological polar surface area (TPSA) is 131 Å². The third-order valence-electron chi connectivity index (χ3n) is 3.82. The molecule has 0 amide bonds. The number of hydrogen-bond acceptors (Lipinski definition) is 7. The molecule has 21 heavy (non-hydrogen) atoms. The summed E-state index contributed by atoms with van der Waals surface area (Å²) in [6.07, 6.45) is -0.408. The van der Waals surface area contributed by atoms with E-state index in [-0.39, 0.29) is 5.82 Å². The Labute approximate surface area is 121 Å². The van der Waals surface area contributed by atoms with E-state index in [0.717, 1.165) is 11.0 Å². The van der Waals surface area contributed by atoms with Gasteiger partial charge in [0, 0.05) is 6.20 Å². The first-order chi connectivity index (χ1) is 9.96. The van der Waals surface area contributed by atoms with Crippen LogP contribution < -0.4 is 11.4 Å². The van der Waals surface area contributed by atoms with Gasteiger partial charge in [0.1, 0.15) is 24.1 Å². The Morgan fingerprint density at radius 1 is 1.52 bits per heavy atom. The minimum Gasteiger partial charge on any atom is -0.394 e. The van der Waals surface area contributed by atoms with Crippen molar-refractivity contribution < 1.29 is 20.1 Å². The summed E-state index contributed by atoms with van der Waals surface area (Å²) in [6.45, 7) is 1.50. The molecular weight excluding hydrogens is 278 g/mol. The molecule has 1 aromatic rings. The summed E-state index contributed by atoms with van der Waals surface area (Å²) in [5.41, 5.74) is 3.35. The lowest BCUT2D eigenvalue weighted by Gasteiger charge is -2.33. The van der Waals surface area contributed by atoms with E-state index < -0.39 is 36.3 Å². The molecule has 1 saturated heterocycles. The Hall–Kier alpha value is -1.48. The van der Waals surface area contributed by atoms with E-state index in [4.69, 9.17) is 10.5 Å². The van der Waals surface area contributed by atoms with Gasteiger partial charge in [0.05, 0.1) is 6.61 Å². The highest BCUT2D eigenvalue weighted by Gasteiger charge is 2.55. The van der Waals surface area contributed by atoms with Crippen molar-refractivity contribution in [1.82, 2.24) is 9.55 Å². The molecule has 1 aromatic heterocycles. The zero-order chi connectivity index (χ0) is 15.6. The smallest absolute Gasteiger partial charge is 0.351 e. The van der Waals surface area contributed by atoms with Gasteiger partial charge in [-0.05, 0) is 18.9 Å². The predicted molar refractivity (Wildman–Crippen MR) is 74.4 cm³/mol. The Kier molecular flexibility index (Phi) is 4.62. The third kappa shape index (κ3) is 2.67. The maximum absolute atomic E-state index is 12.1. The molecule has 0 bridgehead atoms. The second-order valence-electron chi connectivity index (χ2n) is 5.23. The minimum atomic E-state index is -1.44. The summed E-state index contributed by atoms with van der Waals surface area (Å²) >= 11 is 0. The van der Waals surface area contributed by atoms with E-state index in [2.05, 4.69) is 4.98 Å². The molecule has 0 saturated carbocycles. The van der Waals surface area contributed by atoms with E-state index in [1.54, 1.807) is 0 Å². The summed E-state index contributed by atoms with van der Waals surface area (Å²) in [7, 11) is 0. The van der Waals surface area contributed by atoms with Crippen LogP contribution in [-0.2, 0) is 10.5 Å². The second-order valence-corrected chi connectivity index (χ2v) is 5.23. The van der Waals surface area contributed by atoms with E-state index in [9.17, 15) is 20.1 Å². The molecule has 0 aromatic carbocycles. The fourth-order valence-corrected chi connectivity index (χ4v) is 2.68. The lowest BCUT2D eigenvalue weighted by molar-refractivity contribution is -0.156. The normalized spacial score (nSPS) is 32.5. The van der Waals surface area contributed by atoms with Crippen molar-refractivity contribution in [2.45, 2.75) is 50.2 Å². The highest BCUT2D eigenvalue weighted by Crippen LogP contribution is 2.38. The zero-order valence-corrected chi connectivity index (χ0v) is 11.8. The van der Waals surface area contributed by atoms with E-state index in [1.165, 1.54) is 12.3 Å². The van der Waals surface area contributed by atoms with E-state index in [0.29, 0.717) is 12.8 Å². The first-order valence-corrected chi connectivity index (χ1v) is 6.96. The molecule has 8 heteroatoms. The van der Waals surface area contributed by atoms with Crippen LogP contribution in [0, 0.1) is 0 Å². The Balaban J connectivity index is 2.50. The molecule has 8 nitrogen and oxygen atoms in total. The van der Waals surface area contributed by atoms with E-state index >= 15 is 0 Å². The van der Waals surface area contributed by atoms with Crippen LogP contribution in [0.5, 0.6) is 0 Å². The minimum absolute atomic E-state index is 0.0636. The number of aliphatic hydroxyl groups excluding tert-OH is 3. The quantitative estimate of drug-likeness (QED) is 0.536. The molecule has 0 aliphatic carbocycles. The predicted octanol–water partition coefficient (Wildman–Crippen LogP) is -1.22. The van der Waals surface area contributed by atoms with Gasteiger partial charge in [-0.1, -0.05) is 13.3 Å². The van der Waals surface area contributed by atoms with Gasteiger partial charge < -0.3 is 25.8 Å². The molecular formula is C13H21N3O5. The molecule has 118 valence electrons. The highest BCUT2D eigenvalue weighted by atomic mass is 16.6. The molecule has 0 unspecified atom stereocenters. The van der Waals surface area contributed by atoms with Crippen LogP contribution >= 0.6 is 0 Å². The second kappa shape index (κ2) is 6.10. The van der Waals surface area contributed by atoms with Gasteiger partial charge in [-0.15, -0.1) is 0 Å². The summed E-state index contributed by atoms with van der Waals surface area (Å²) in [6, 6.07) is 1.42. The molecule has 1 aliphatic heterocycles. The number of anilines is 1. The van der Waals surface area contributed by atoms with Crippen molar-refractivity contribution in [3.63, 3.8) is 0 Å². The van der Waals surface area contributed by atoms with E-state index in [1.807, 2.05) is 6.92 Å². The average molecular weight is 299 g/mol. The standard InChI is InChI=1S/C13H21N3O5/c1-2-3-5-13(11(19)10(18)8(7-17)21-13)16-6-4-9(14)15-12(16)20/h4,6,8,10-11,17-19H,2-3,5,7H2,1H3,(H2,14,15,20)/t8-,10-,11-,13-/m1/s1. The van der Waals surface area contributed by atoms with Crippen LogP contribution in [0.3, 0.4) is 0 Å². The number of ether oxygens (including phenoxy) is 1.